The van der Waals surface area contributed by atoms with Crippen molar-refractivity contribution >= 4 is 22.4 Å². The molecule has 1 amide bonds. The second-order valence-electron chi connectivity index (χ2n) is 5.71. The molecule has 1 N–H and O–H groups in total. The van der Waals surface area contributed by atoms with E-state index in [1.807, 2.05) is 0 Å². The quantitative estimate of drug-likeness (QED) is 0.839. The number of thiazole rings is 1. The minimum Gasteiger partial charge on any atom is -0.302 e. The molecule has 0 bridgehead atoms. The Morgan fingerprint density at radius 3 is 3.11 bits per heavy atom. The van der Waals surface area contributed by atoms with Crippen LogP contribution in [0.15, 0.2) is 12.2 Å². The fourth-order valence-corrected chi connectivity index (χ4v) is 4.01. The smallest absolute Gasteiger partial charge is 0.229 e. The molecule has 0 spiro atoms. The second-order valence-corrected chi connectivity index (χ2v) is 6.79. The third kappa shape index (κ3) is 2.89. The van der Waals surface area contributed by atoms with Crippen LogP contribution in [-0.4, -0.2) is 10.9 Å². The Balaban J connectivity index is 1.67. The van der Waals surface area contributed by atoms with Crippen LogP contribution in [0.1, 0.15) is 43.2 Å². The van der Waals surface area contributed by atoms with Crippen molar-refractivity contribution in [3.63, 3.8) is 0 Å². The number of aryl methyl sites for hydroxylation is 1. The van der Waals surface area contributed by atoms with E-state index in [0.717, 1.165) is 43.2 Å². The van der Waals surface area contributed by atoms with E-state index in [1.54, 1.807) is 11.3 Å². The van der Waals surface area contributed by atoms with Gasteiger partial charge in [-0.25, -0.2) is 4.98 Å². The maximum absolute atomic E-state index is 12.2. The number of fused-ring (bicyclic) bond motifs is 1. The van der Waals surface area contributed by atoms with Gasteiger partial charge in [0.15, 0.2) is 5.13 Å². The lowest BCUT2D eigenvalue weighted by atomic mass is 9.93. The minimum atomic E-state index is 0.129. The average Bonchev–Trinajstić information content (AvgIpc) is 2.81. The Labute approximate surface area is 118 Å². The monoisotopic (exact) mass is 276 g/mol. The highest BCUT2D eigenvalue weighted by molar-refractivity contribution is 7.15. The number of rotatable bonds is 2. The predicted octanol–water partition coefficient (Wildman–Crippen LogP) is 3.56. The summed E-state index contributed by atoms with van der Waals surface area (Å²) < 4.78 is 0. The van der Waals surface area contributed by atoms with Crippen LogP contribution in [0.5, 0.6) is 0 Å². The normalized spacial score (nSPS) is 25.9. The van der Waals surface area contributed by atoms with E-state index >= 15 is 0 Å². The van der Waals surface area contributed by atoms with Crippen LogP contribution in [0.4, 0.5) is 5.13 Å². The number of carbonyl (C=O) groups excluding carboxylic acids is 1. The largest absolute Gasteiger partial charge is 0.302 e. The maximum Gasteiger partial charge on any atom is 0.229 e. The molecule has 102 valence electrons. The molecule has 1 heterocycles. The molecular formula is C15H20N2OS. The lowest BCUT2D eigenvalue weighted by Crippen LogP contribution is -2.23. The summed E-state index contributed by atoms with van der Waals surface area (Å²) in [7, 11) is 0. The molecule has 2 unspecified atom stereocenters. The number of carbonyl (C=O) groups is 1. The van der Waals surface area contributed by atoms with E-state index in [1.165, 1.54) is 17.0 Å². The molecule has 0 saturated carbocycles. The Bertz CT molecular complexity index is 506. The first-order valence-electron chi connectivity index (χ1n) is 7.17. The number of nitrogens with zero attached hydrogens (tertiary/aromatic N) is 1. The van der Waals surface area contributed by atoms with Crippen molar-refractivity contribution in [2.24, 2.45) is 11.8 Å². The van der Waals surface area contributed by atoms with Crippen molar-refractivity contribution in [2.75, 3.05) is 5.32 Å². The van der Waals surface area contributed by atoms with E-state index in [9.17, 15) is 4.79 Å². The molecule has 1 aromatic rings. The van der Waals surface area contributed by atoms with Gasteiger partial charge in [-0.3, -0.25) is 4.79 Å². The van der Waals surface area contributed by atoms with Gasteiger partial charge in [0.2, 0.25) is 5.91 Å². The maximum atomic E-state index is 12.2. The van der Waals surface area contributed by atoms with E-state index in [0.29, 0.717) is 0 Å². The highest BCUT2D eigenvalue weighted by Crippen LogP contribution is 2.32. The zero-order valence-electron chi connectivity index (χ0n) is 11.3. The van der Waals surface area contributed by atoms with Crippen molar-refractivity contribution in [3.05, 3.63) is 22.7 Å². The molecule has 0 fully saturated rings. The molecule has 1 aromatic heterocycles. The van der Waals surface area contributed by atoms with Crippen LogP contribution in [0.2, 0.25) is 0 Å². The molecule has 0 aliphatic heterocycles. The number of hydrogen-bond acceptors (Lipinski definition) is 3. The molecule has 3 rings (SSSR count). The number of hydrogen-bond donors (Lipinski definition) is 1. The molecule has 2 aliphatic rings. The molecule has 0 aromatic carbocycles. The summed E-state index contributed by atoms with van der Waals surface area (Å²) in [6, 6.07) is 0. The van der Waals surface area contributed by atoms with Crippen molar-refractivity contribution < 1.29 is 4.79 Å². The standard InChI is InChI=1S/C15H20N2OS/c1-10-7-8-12-13(9-10)19-15(16-12)17-14(18)11-5-3-2-4-6-11/h2-3,10-11H,4-9H2,1H3,(H,16,17,18). The Kier molecular flexibility index (Phi) is 3.69. The number of allylic oxidation sites excluding steroid dienone is 2. The summed E-state index contributed by atoms with van der Waals surface area (Å²) in [5.74, 6) is 1.02. The Hall–Kier alpha value is -1.16. The summed E-state index contributed by atoms with van der Waals surface area (Å²) in [5.41, 5.74) is 1.21. The van der Waals surface area contributed by atoms with Gasteiger partial charge in [-0.1, -0.05) is 19.1 Å². The van der Waals surface area contributed by atoms with Gasteiger partial charge in [-0.15, -0.1) is 11.3 Å². The van der Waals surface area contributed by atoms with Crippen LogP contribution < -0.4 is 5.32 Å². The number of aromatic nitrogens is 1. The molecule has 19 heavy (non-hydrogen) atoms. The summed E-state index contributed by atoms with van der Waals surface area (Å²) in [4.78, 5) is 18.1. The molecule has 4 heteroatoms. The molecule has 2 atom stereocenters. The molecule has 3 nitrogen and oxygen atoms in total. The summed E-state index contributed by atoms with van der Waals surface area (Å²) >= 11 is 1.67. The minimum absolute atomic E-state index is 0.129. The number of nitrogens with one attached hydrogen (secondary N) is 1. The third-order valence-corrected chi connectivity index (χ3v) is 5.09. The third-order valence-electron chi connectivity index (χ3n) is 4.06. The van der Waals surface area contributed by atoms with E-state index in [2.05, 4.69) is 29.4 Å². The van der Waals surface area contributed by atoms with Gasteiger partial charge in [-0.2, -0.15) is 0 Å². The van der Waals surface area contributed by atoms with Crippen LogP contribution in [0, 0.1) is 11.8 Å². The fourth-order valence-electron chi connectivity index (χ4n) is 2.83. The van der Waals surface area contributed by atoms with Gasteiger partial charge in [0.1, 0.15) is 0 Å². The van der Waals surface area contributed by atoms with Crippen molar-refractivity contribution in [3.8, 4) is 0 Å². The molecular weight excluding hydrogens is 256 g/mol. The summed E-state index contributed by atoms with van der Waals surface area (Å²) in [6.07, 6.45) is 10.5. The molecule has 0 radical (unpaired) electrons. The van der Waals surface area contributed by atoms with Crippen molar-refractivity contribution in [2.45, 2.75) is 45.4 Å². The van der Waals surface area contributed by atoms with Gasteiger partial charge in [-0.05, 0) is 44.4 Å². The van der Waals surface area contributed by atoms with E-state index in [-0.39, 0.29) is 11.8 Å². The SMILES string of the molecule is CC1CCc2nc(NC(=O)C3CC=CCC3)sc2C1. The molecule has 2 aliphatic carbocycles. The average molecular weight is 276 g/mol. The lowest BCUT2D eigenvalue weighted by Gasteiger charge is -2.15. The zero-order chi connectivity index (χ0) is 13.2. The predicted molar refractivity (Wildman–Crippen MR) is 78.4 cm³/mol. The number of amides is 1. The van der Waals surface area contributed by atoms with Gasteiger partial charge in [0.05, 0.1) is 5.69 Å². The zero-order valence-corrected chi connectivity index (χ0v) is 12.1. The van der Waals surface area contributed by atoms with Gasteiger partial charge in [0.25, 0.3) is 0 Å². The highest BCUT2D eigenvalue weighted by atomic mass is 32.1. The second kappa shape index (κ2) is 5.45. The van der Waals surface area contributed by atoms with E-state index in [4.69, 9.17) is 0 Å². The first-order chi connectivity index (χ1) is 9.22. The Morgan fingerprint density at radius 1 is 1.42 bits per heavy atom. The Morgan fingerprint density at radius 2 is 2.32 bits per heavy atom. The van der Waals surface area contributed by atoms with Gasteiger partial charge < -0.3 is 5.32 Å². The fraction of sp³-hybridized carbons (Fsp3) is 0.600. The van der Waals surface area contributed by atoms with E-state index < -0.39 is 0 Å². The van der Waals surface area contributed by atoms with Gasteiger partial charge in [0, 0.05) is 10.8 Å². The first kappa shape index (κ1) is 12.9. The summed E-state index contributed by atoms with van der Waals surface area (Å²) in [5, 5.41) is 3.82. The molecule has 0 saturated heterocycles. The van der Waals surface area contributed by atoms with Crippen molar-refractivity contribution in [1.82, 2.24) is 4.98 Å². The van der Waals surface area contributed by atoms with Crippen LogP contribution in [-0.2, 0) is 17.6 Å². The topological polar surface area (TPSA) is 42.0 Å². The van der Waals surface area contributed by atoms with Crippen LogP contribution in [0.25, 0.3) is 0 Å². The number of anilines is 1. The first-order valence-corrected chi connectivity index (χ1v) is 7.98. The highest BCUT2D eigenvalue weighted by Gasteiger charge is 2.23. The van der Waals surface area contributed by atoms with Crippen LogP contribution in [0.3, 0.4) is 0 Å². The summed E-state index contributed by atoms with van der Waals surface area (Å²) in [6.45, 7) is 2.29. The van der Waals surface area contributed by atoms with Crippen LogP contribution >= 0.6 is 11.3 Å². The van der Waals surface area contributed by atoms with Gasteiger partial charge >= 0.3 is 0 Å². The van der Waals surface area contributed by atoms with Crippen molar-refractivity contribution in [1.29, 1.82) is 0 Å². The lowest BCUT2D eigenvalue weighted by molar-refractivity contribution is -0.120.